The van der Waals surface area contributed by atoms with Gasteiger partial charge in [0.05, 0.1) is 27.4 Å². The van der Waals surface area contributed by atoms with Crippen LogP contribution in [0.2, 0.25) is 5.02 Å². The highest BCUT2D eigenvalue weighted by Gasteiger charge is 2.38. The van der Waals surface area contributed by atoms with Gasteiger partial charge in [0.25, 0.3) is 0 Å². The maximum atomic E-state index is 13.7. The molecule has 1 aromatic heterocycles. The van der Waals surface area contributed by atoms with Crippen molar-refractivity contribution in [3.63, 3.8) is 0 Å². The quantitative estimate of drug-likeness (QED) is 0.459. The first kappa shape index (κ1) is 23.0. The summed E-state index contributed by atoms with van der Waals surface area (Å²) in [5.74, 6) is -1.95. The predicted octanol–water partition coefficient (Wildman–Crippen LogP) is 6.13. The normalized spacial score (nSPS) is 14.3. The molecule has 172 valence electrons. The molecule has 0 fully saturated rings. The molecule has 9 heteroatoms. The Hall–Kier alpha value is -3.13. The van der Waals surface area contributed by atoms with E-state index in [1.165, 1.54) is 18.2 Å². The summed E-state index contributed by atoms with van der Waals surface area (Å²) in [6.45, 7) is 0. The largest absolute Gasteiger partial charge is 0.478 e. The van der Waals surface area contributed by atoms with Crippen molar-refractivity contribution < 1.29 is 27.9 Å². The summed E-state index contributed by atoms with van der Waals surface area (Å²) < 4.78 is 42.5. The van der Waals surface area contributed by atoms with Crippen molar-refractivity contribution in [1.82, 2.24) is 9.78 Å². The third-order valence-corrected chi connectivity index (χ3v) is 6.12. The van der Waals surface area contributed by atoms with Gasteiger partial charge < -0.3 is 5.11 Å². The van der Waals surface area contributed by atoms with Gasteiger partial charge in [0.15, 0.2) is 0 Å². The summed E-state index contributed by atoms with van der Waals surface area (Å²) in [4.78, 5) is 24.6. The fraction of sp³-hybridized carbons (Fsp3) is 0.292. The smallest absolute Gasteiger partial charge is 0.417 e. The minimum atomic E-state index is -4.75. The Bertz CT molecular complexity index is 1220. The van der Waals surface area contributed by atoms with Gasteiger partial charge in [-0.05, 0) is 62.1 Å². The van der Waals surface area contributed by atoms with E-state index >= 15 is 0 Å². The molecule has 0 spiro atoms. The number of carbonyl (C=O) groups is 2. The summed E-state index contributed by atoms with van der Waals surface area (Å²) in [7, 11) is 0. The van der Waals surface area contributed by atoms with Gasteiger partial charge in [0, 0.05) is 11.3 Å². The number of hydrogen-bond acceptors (Lipinski definition) is 3. The fourth-order valence-corrected chi connectivity index (χ4v) is 4.46. The number of carbonyl (C=O) groups excluding carboxylic acids is 1. The topological polar surface area (TPSA) is 72.2 Å². The first-order chi connectivity index (χ1) is 15.7. The van der Waals surface area contributed by atoms with Gasteiger partial charge in [-0.1, -0.05) is 30.5 Å². The average Bonchev–Trinajstić information content (AvgIpc) is 3.09. The summed E-state index contributed by atoms with van der Waals surface area (Å²) in [6.07, 6.45) is -0.0645. The lowest BCUT2D eigenvalue weighted by Crippen LogP contribution is -2.16. The second-order valence-corrected chi connectivity index (χ2v) is 8.35. The van der Waals surface area contributed by atoms with Gasteiger partial charge >= 0.3 is 12.1 Å². The average molecular weight is 477 g/mol. The van der Waals surface area contributed by atoms with Crippen LogP contribution in [-0.2, 0) is 19.0 Å². The molecule has 0 amide bonds. The molecular weight excluding hydrogens is 457 g/mol. The zero-order chi connectivity index (χ0) is 23.8. The standard InChI is InChI=1S/C24H20ClF3N2O3/c25-18-8-5-7-17(24(26,27)28)20(18)22(31)21-16-6-3-1-2-4-9-19(16)30(29-21)15-12-10-14(11-13-15)23(32)33/h5,7-8,10-13H,1-4,6,9H2,(H,32,33). The Morgan fingerprint density at radius 1 is 0.970 bits per heavy atom. The van der Waals surface area contributed by atoms with E-state index in [0.717, 1.165) is 43.5 Å². The number of nitrogens with zero attached hydrogens (tertiary/aromatic N) is 2. The summed E-state index contributed by atoms with van der Waals surface area (Å²) in [5.41, 5.74) is 0.244. The Kier molecular flexibility index (Phi) is 6.30. The van der Waals surface area contributed by atoms with E-state index in [-0.39, 0.29) is 16.3 Å². The first-order valence-corrected chi connectivity index (χ1v) is 10.9. The van der Waals surface area contributed by atoms with Gasteiger partial charge in [-0.15, -0.1) is 0 Å². The molecule has 0 aliphatic heterocycles. The van der Waals surface area contributed by atoms with Gasteiger partial charge in [-0.3, -0.25) is 4.79 Å². The summed E-state index contributed by atoms with van der Waals surface area (Å²) >= 11 is 6.08. The highest BCUT2D eigenvalue weighted by atomic mass is 35.5. The van der Waals surface area contributed by atoms with Crippen LogP contribution in [0.15, 0.2) is 42.5 Å². The van der Waals surface area contributed by atoms with E-state index in [2.05, 4.69) is 5.10 Å². The van der Waals surface area contributed by atoms with Gasteiger partial charge in [0.2, 0.25) is 5.78 Å². The number of hydrogen-bond donors (Lipinski definition) is 1. The van der Waals surface area contributed by atoms with Crippen molar-refractivity contribution in [2.24, 2.45) is 0 Å². The molecule has 0 saturated carbocycles. The Labute approximate surface area is 192 Å². The number of benzene rings is 2. The molecular formula is C24H20ClF3N2O3. The second kappa shape index (κ2) is 9.02. The molecule has 33 heavy (non-hydrogen) atoms. The van der Waals surface area contributed by atoms with Crippen molar-refractivity contribution in [3.8, 4) is 5.69 Å². The molecule has 5 nitrogen and oxygen atoms in total. The van der Waals surface area contributed by atoms with E-state index in [0.29, 0.717) is 24.1 Å². The summed E-state index contributed by atoms with van der Waals surface area (Å²) in [5, 5.41) is 13.3. The fourth-order valence-electron chi connectivity index (χ4n) is 4.20. The van der Waals surface area contributed by atoms with Crippen LogP contribution in [0.1, 0.15) is 68.9 Å². The molecule has 3 aromatic rings. The van der Waals surface area contributed by atoms with Crippen molar-refractivity contribution in [3.05, 3.63) is 81.1 Å². The van der Waals surface area contributed by atoms with E-state index in [1.54, 1.807) is 16.8 Å². The van der Waals surface area contributed by atoms with Crippen LogP contribution in [0.4, 0.5) is 13.2 Å². The van der Waals surface area contributed by atoms with Crippen LogP contribution in [-0.4, -0.2) is 26.6 Å². The van der Waals surface area contributed by atoms with Crippen LogP contribution >= 0.6 is 11.6 Å². The van der Waals surface area contributed by atoms with Gasteiger partial charge in [-0.2, -0.15) is 18.3 Å². The third-order valence-electron chi connectivity index (χ3n) is 5.80. The first-order valence-electron chi connectivity index (χ1n) is 10.5. The number of carboxylic acid groups (broad SMARTS) is 1. The molecule has 0 bridgehead atoms. The van der Waals surface area contributed by atoms with Crippen LogP contribution in [0.5, 0.6) is 0 Å². The monoisotopic (exact) mass is 476 g/mol. The Morgan fingerprint density at radius 3 is 2.27 bits per heavy atom. The number of aromatic nitrogens is 2. The predicted molar refractivity (Wildman–Crippen MR) is 116 cm³/mol. The van der Waals surface area contributed by atoms with Crippen molar-refractivity contribution >= 4 is 23.4 Å². The molecule has 0 radical (unpaired) electrons. The lowest BCUT2D eigenvalue weighted by atomic mass is 9.93. The molecule has 0 unspecified atom stereocenters. The van der Waals surface area contributed by atoms with Crippen LogP contribution in [0.25, 0.3) is 5.69 Å². The molecule has 1 N–H and O–H groups in total. The van der Waals surface area contributed by atoms with Crippen molar-refractivity contribution in [2.75, 3.05) is 0 Å². The number of aromatic carboxylic acids is 1. The molecule has 1 aliphatic carbocycles. The maximum absolute atomic E-state index is 13.7. The number of rotatable bonds is 4. The lowest BCUT2D eigenvalue weighted by Gasteiger charge is -2.14. The summed E-state index contributed by atoms with van der Waals surface area (Å²) in [6, 6.07) is 9.24. The zero-order valence-electron chi connectivity index (χ0n) is 17.5. The minimum Gasteiger partial charge on any atom is -0.478 e. The highest BCUT2D eigenvalue weighted by Crippen LogP contribution is 2.37. The van der Waals surface area contributed by atoms with Crippen molar-refractivity contribution in [2.45, 2.75) is 44.7 Å². The third kappa shape index (κ3) is 4.53. The van der Waals surface area contributed by atoms with E-state index in [4.69, 9.17) is 16.7 Å². The lowest BCUT2D eigenvalue weighted by molar-refractivity contribution is -0.137. The number of ketones is 1. The van der Waals surface area contributed by atoms with Crippen LogP contribution in [0, 0.1) is 0 Å². The van der Waals surface area contributed by atoms with E-state index in [1.807, 2.05) is 0 Å². The van der Waals surface area contributed by atoms with Crippen molar-refractivity contribution in [1.29, 1.82) is 0 Å². The zero-order valence-corrected chi connectivity index (χ0v) is 18.2. The number of carboxylic acids is 1. The SMILES string of the molecule is O=C(O)c1ccc(-n2nc(C(=O)c3c(Cl)cccc3C(F)(F)F)c3c2CCCCCC3)cc1. The number of alkyl halides is 3. The molecule has 4 rings (SSSR count). The maximum Gasteiger partial charge on any atom is 0.417 e. The molecule has 2 aromatic carbocycles. The molecule has 0 atom stereocenters. The molecule has 1 aliphatic rings. The molecule has 0 saturated heterocycles. The minimum absolute atomic E-state index is 0.0483. The van der Waals surface area contributed by atoms with E-state index < -0.39 is 29.1 Å². The van der Waals surface area contributed by atoms with Crippen LogP contribution < -0.4 is 0 Å². The highest BCUT2D eigenvalue weighted by molar-refractivity contribution is 6.35. The second-order valence-electron chi connectivity index (χ2n) is 7.94. The van der Waals surface area contributed by atoms with Gasteiger partial charge in [-0.25, -0.2) is 9.48 Å². The van der Waals surface area contributed by atoms with Crippen LogP contribution in [0.3, 0.4) is 0 Å². The Morgan fingerprint density at radius 2 is 1.64 bits per heavy atom. The molecule has 1 heterocycles. The Balaban J connectivity index is 1.89. The number of fused-ring (bicyclic) bond motifs is 1. The number of halogens is 4. The van der Waals surface area contributed by atoms with Gasteiger partial charge in [0.1, 0.15) is 5.69 Å². The van der Waals surface area contributed by atoms with E-state index in [9.17, 15) is 22.8 Å².